The molecule has 0 unspecified atom stereocenters. The van der Waals surface area contributed by atoms with Gasteiger partial charge in [0.1, 0.15) is 0 Å². The Morgan fingerprint density at radius 1 is 1.31 bits per heavy atom. The fraction of sp³-hybridized carbons (Fsp3) is 0.385. The van der Waals surface area contributed by atoms with Crippen LogP contribution in [0.15, 0.2) is 18.2 Å². The molecule has 0 nitrogen and oxygen atoms in total. The topological polar surface area (TPSA) is 0 Å². The maximum atomic E-state index is 5.21. The van der Waals surface area contributed by atoms with Crippen molar-refractivity contribution in [2.24, 2.45) is 0 Å². The highest BCUT2D eigenvalue weighted by Crippen LogP contribution is 2.13. The molecule has 0 heterocycles. The zero-order chi connectivity index (χ0) is 9.68. The largest absolute Gasteiger partial charge is 0.120 e. The molecule has 1 rings (SSSR count). The zero-order valence-electron chi connectivity index (χ0n) is 8.43. The molecular formula is C13H16. The van der Waals surface area contributed by atoms with Gasteiger partial charge >= 0.3 is 0 Å². The number of terminal acetylenes is 1. The van der Waals surface area contributed by atoms with E-state index in [0.29, 0.717) is 0 Å². The minimum Gasteiger partial charge on any atom is -0.120 e. The molecule has 0 N–H and O–H groups in total. The van der Waals surface area contributed by atoms with E-state index in [4.69, 9.17) is 6.42 Å². The lowest BCUT2D eigenvalue weighted by Gasteiger charge is -2.05. The van der Waals surface area contributed by atoms with Crippen LogP contribution >= 0.6 is 0 Å². The number of aryl methyl sites for hydroxylation is 3. The molecule has 0 saturated heterocycles. The smallest absolute Gasteiger partial charge is 0.00892 e. The summed E-state index contributed by atoms with van der Waals surface area (Å²) < 4.78 is 0. The minimum absolute atomic E-state index is 0.882. The van der Waals surface area contributed by atoms with Gasteiger partial charge in [0, 0.05) is 6.42 Å². The van der Waals surface area contributed by atoms with Crippen LogP contribution in [0.4, 0.5) is 0 Å². The molecule has 68 valence electrons. The van der Waals surface area contributed by atoms with Gasteiger partial charge in [0.05, 0.1) is 0 Å². The minimum atomic E-state index is 0.882. The van der Waals surface area contributed by atoms with Crippen LogP contribution in [0.3, 0.4) is 0 Å². The van der Waals surface area contributed by atoms with E-state index in [1.54, 1.807) is 0 Å². The number of rotatable bonds is 3. The maximum Gasteiger partial charge on any atom is 0.00892 e. The highest BCUT2D eigenvalue weighted by molar-refractivity contribution is 5.30. The lowest BCUT2D eigenvalue weighted by molar-refractivity contribution is 0.851. The van der Waals surface area contributed by atoms with Crippen LogP contribution in [0, 0.1) is 26.2 Å². The van der Waals surface area contributed by atoms with Crippen LogP contribution in [0.1, 0.15) is 29.5 Å². The fourth-order valence-corrected chi connectivity index (χ4v) is 1.45. The van der Waals surface area contributed by atoms with Gasteiger partial charge in [-0.2, -0.15) is 0 Å². The van der Waals surface area contributed by atoms with Crippen molar-refractivity contribution in [2.75, 3.05) is 0 Å². The third kappa shape index (κ3) is 2.95. The van der Waals surface area contributed by atoms with Gasteiger partial charge in [-0.25, -0.2) is 0 Å². The van der Waals surface area contributed by atoms with Gasteiger partial charge in [-0.05, 0) is 37.8 Å². The second-order valence-corrected chi connectivity index (χ2v) is 3.49. The van der Waals surface area contributed by atoms with Gasteiger partial charge in [-0.15, -0.1) is 12.3 Å². The summed E-state index contributed by atoms with van der Waals surface area (Å²) in [5.74, 6) is 2.67. The molecule has 0 aliphatic heterocycles. The Hall–Kier alpha value is -1.22. The molecule has 1 aromatic rings. The van der Waals surface area contributed by atoms with E-state index in [2.05, 4.69) is 38.0 Å². The first-order valence-electron chi connectivity index (χ1n) is 4.73. The summed E-state index contributed by atoms with van der Waals surface area (Å²) in [6, 6.07) is 6.59. The summed E-state index contributed by atoms with van der Waals surface area (Å²) in [5.41, 5.74) is 4.15. The van der Waals surface area contributed by atoms with E-state index in [9.17, 15) is 0 Å². The van der Waals surface area contributed by atoms with Crippen molar-refractivity contribution < 1.29 is 0 Å². The van der Waals surface area contributed by atoms with Crippen molar-refractivity contribution in [1.82, 2.24) is 0 Å². The monoisotopic (exact) mass is 172 g/mol. The summed E-state index contributed by atoms with van der Waals surface area (Å²) in [6.07, 6.45) is 8.30. The summed E-state index contributed by atoms with van der Waals surface area (Å²) >= 11 is 0. The first-order chi connectivity index (χ1) is 6.24. The molecule has 0 aromatic heterocycles. The fourth-order valence-electron chi connectivity index (χ4n) is 1.45. The normalized spacial score (nSPS) is 9.62. The van der Waals surface area contributed by atoms with Crippen molar-refractivity contribution in [3.63, 3.8) is 0 Å². The molecule has 0 fully saturated rings. The first-order valence-corrected chi connectivity index (χ1v) is 4.73. The SMILES string of the molecule is C#CCCCc1cc(C)ccc1C. The lowest BCUT2D eigenvalue weighted by atomic mass is 10.0. The molecule has 0 heteroatoms. The summed E-state index contributed by atoms with van der Waals surface area (Å²) in [5, 5.41) is 0. The van der Waals surface area contributed by atoms with Crippen LogP contribution in [0.25, 0.3) is 0 Å². The van der Waals surface area contributed by atoms with Crippen molar-refractivity contribution in [2.45, 2.75) is 33.1 Å². The van der Waals surface area contributed by atoms with Crippen molar-refractivity contribution in [3.8, 4) is 12.3 Å². The van der Waals surface area contributed by atoms with Crippen molar-refractivity contribution in [3.05, 3.63) is 34.9 Å². The summed E-state index contributed by atoms with van der Waals surface area (Å²) in [4.78, 5) is 0. The molecule has 0 aliphatic rings. The van der Waals surface area contributed by atoms with Gasteiger partial charge in [-0.3, -0.25) is 0 Å². The van der Waals surface area contributed by atoms with Crippen LogP contribution in [-0.4, -0.2) is 0 Å². The molecule has 0 amide bonds. The average Bonchev–Trinajstić information content (AvgIpc) is 2.11. The molecule has 0 aliphatic carbocycles. The number of hydrogen-bond acceptors (Lipinski definition) is 0. The number of hydrogen-bond donors (Lipinski definition) is 0. The summed E-state index contributed by atoms with van der Waals surface area (Å²) in [6.45, 7) is 4.29. The average molecular weight is 172 g/mol. The van der Waals surface area contributed by atoms with Crippen LogP contribution in [0.2, 0.25) is 0 Å². The van der Waals surface area contributed by atoms with E-state index >= 15 is 0 Å². The second-order valence-electron chi connectivity index (χ2n) is 3.49. The molecule has 0 radical (unpaired) electrons. The molecule has 0 saturated carbocycles. The van der Waals surface area contributed by atoms with Crippen molar-refractivity contribution in [1.29, 1.82) is 0 Å². The van der Waals surface area contributed by atoms with Gasteiger partial charge < -0.3 is 0 Å². The quantitative estimate of drug-likeness (QED) is 0.485. The predicted octanol–water partition coefficient (Wildman–Crippen LogP) is 3.26. The second kappa shape index (κ2) is 4.72. The van der Waals surface area contributed by atoms with Crippen LogP contribution < -0.4 is 0 Å². The predicted molar refractivity (Wildman–Crippen MR) is 57.7 cm³/mol. The Balaban J connectivity index is 2.65. The standard InChI is InChI=1S/C13H16/c1-4-5-6-7-13-10-11(2)8-9-12(13)3/h1,8-10H,5-7H2,2-3H3. The Kier molecular flexibility index (Phi) is 3.58. The molecule has 1 aromatic carbocycles. The molecular weight excluding hydrogens is 156 g/mol. The molecule has 13 heavy (non-hydrogen) atoms. The number of benzene rings is 1. The molecule has 0 spiro atoms. The van der Waals surface area contributed by atoms with E-state index in [1.165, 1.54) is 16.7 Å². The van der Waals surface area contributed by atoms with E-state index in [0.717, 1.165) is 19.3 Å². The van der Waals surface area contributed by atoms with Crippen molar-refractivity contribution >= 4 is 0 Å². The Bertz CT molecular complexity index is 315. The highest BCUT2D eigenvalue weighted by atomic mass is 14.0. The highest BCUT2D eigenvalue weighted by Gasteiger charge is 1.97. The van der Waals surface area contributed by atoms with Crippen LogP contribution in [-0.2, 0) is 6.42 Å². The van der Waals surface area contributed by atoms with Crippen LogP contribution in [0.5, 0.6) is 0 Å². The van der Waals surface area contributed by atoms with Gasteiger partial charge in [-0.1, -0.05) is 23.8 Å². The Labute approximate surface area is 81.0 Å². The summed E-state index contributed by atoms with van der Waals surface area (Å²) in [7, 11) is 0. The van der Waals surface area contributed by atoms with Gasteiger partial charge in [0.2, 0.25) is 0 Å². The molecule has 0 atom stereocenters. The van der Waals surface area contributed by atoms with E-state index in [1.807, 2.05) is 0 Å². The maximum absolute atomic E-state index is 5.21. The number of unbranched alkanes of at least 4 members (excludes halogenated alkanes) is 1. The third-order valence-corrected chi connectivity index (χ3v) is 2.27. The van der Waals surface area contributed by atoms with E-state index in [-0.39, 0.29) is 0 Å². The van der Waals surface area contributed by atoms with Gasteiger partial charge in [0.25, 0.3) is 0 Å². The molecule has 0 bridgehead atoms. The first kappa shape index (κ1) is 9.86. The Morgan fingerprint density at radius 2 is 2.08 bits per heavy atom. The Morgan fingerprint density at radius 3 is 2.77 bits per heavy atom. The van der Waals surface area contributed by atoms with Gasteiger partial charge in [0.15, 0.2) is 0 Å². The zero-order valence-corrected chi connectivity index (χ0v) is 8.43. The lowest BCUT2D eigenvalue weighted by Crippen LogP contribution is -1.90. The third-order valence-electron chi connectivity index (χ3n) is 2.27. The van der Waals surface area contributed by atoms with E-state index < -0.39 is 0 Å².